The van der Waals surface area contributed by atoms with E-state index in [1.54, 1.807) is 6.07 Å². The average molecular weight is 215 g/mol. The Labute approximate surface area is 86.1 Å². The predicted molar refractivity (Wildman–Crippen MR) is 52.6 cm³/mol. The van der Waals surface area contributed by atoms with Crippen LogP contribution in [0.25, 0.3) is 0 Å². The van der Waals surface area contributed by atoms with E-state index in [0.717, 1.165) is 5.56 Å². The van der Waals surface area contributed by atoms with Crippen molar-refractivity contribution in [2.45, 2.75) is 6.04 Å². The number of halogens is 2. The van der Waals surface area contributed by atoms with E-state index in [2.05, 4.69) is 11.4 Å². The SMILES string of the molecule is Clc1cccc(C2CO[C]=N2)c1Cl. The Hall–Kier alpha value is -0.730. The van der Waals surface area contributed by atoms with Gasteiger partial charge in [0.15, 0.2) is 0 Å². The smallest absolute Gasteiger partial charge is 0.273 e. The van der Waals surface area contributed by atoms with Crippen molar-refractivity contribution < 1.29 is 4.74 Å². The Morgan fingerprint density at radius 2 is 2.31 bits per heavy atom. The fourth-order valence-corrected chi connectivity index (χ4v) is 1.63. The van der Waals surface area contributed by atoms with E-state index in [9.17, 15) is 0 Å². The van der Waals surface area contributed by atoms with Crippen molar-refractivity contribution in [1.82, 2.24) is 0 Å². The second kappa shape index (κ2) is 3.56. The molecule has 4 heteroatoms. The Morgan fingerprint density at radius 1 is 1.46 bits per heavy atom. The van der Waals surface area contributed by atoms with Gasteiger partial charge in [-0.2, -0.15) is 0 Å². The quantitative estimate of drug-likeness (QED) is 0.705. The molecule has 0 N–H and O–H groups in total. The van der Waals surface area contributed by atoms with Crippen molar-refractivity contribution in [1.29, 1.82) is 0 Å². The van der Waals surface area contributed by atoms with E-state index in [1.807, 2.05) is 12.1 Å². The molecule has 0 saturated heterocycles. The molecule has 0 bridgehead atoms. The Bertz CT molecular complexity index is 351. The Morgan fingerprint density at radius 3 is 3.00 bits per heavy atom. The van der Waals surface area contributed by atoms with Crippen molar-refractivity contribution >= 4 is 29.6 Å². The number of aliphatic imine (C=N–C) groups is 1. The zero-order chi connectivity index (χ0) is 9.26. The molecule has 0 amide bonds. The second-order valence-electron chi connectivity index (χ2n) is 2.69. The molecular formula is C9H6Cl2NO. The van der Waals surface area contributed by atoms with Gasteiger partial charge in [0.1, 0.15) is 12.6 Å². The van der Waals surface area contributed by atoms with Crippen LogP contribution in [0.2, 0.25) is 10.0 Å². The standard InChI is InChI=1S/C9H6Cl2NO/c10-7-3-1-2-6(9(7)11)8-4-13-5-12-8/h1-3,8H,4H2. The van der Waals surface area contributed by atoms with Crippen molar-refractivity contribution in [2.75, 3.05) is 6.61 Å². The van der Waals surface area contributed by atoms with Gasteiger partial charge in [0.05, 0.1) is 10.0 Å². The maximum Gasteiger partial charge on any atom is 0.273 e. The van der Waals surface area contributed by atoms with E-state index in [0.29, 0.717) is 16.7 Å². The highest BCUT2D eigenvalue weighted by Gasteiger charge is 2.18. The highest BCUT2D eigenvalue weighted by molar-refractivity contribution is 6.42. The van der Waals surface area contributed by atoms with Crippen molar-refractivity contribution in [3.05, 3.63) is 33.8 Å². The zero-order valence-electron chi connectivity index (χ0n) is 6.63. The molecule has 13 heavy (non-hydrogen) atoms. The molecule has 1 aliphatic heterocycles. The number of benzene rings is 1. The molecule has 1 unspecified atom stereocenters. The third-order valence-electron chi connectivity index (χ3n) is 1.85. The molecular weight excluding hydrogens is 209 g/mol. The van der Waals surface area contributed by atoms with Gasteiger partial charge in [-0.15, -0.1) is 0 Å². The van der Waals surface area contributed by atoms with Gasteiger partial charge in [-0.1, -0.05) is 35.3 Å². The van der Waals surface area contributed by atoms with Crippen LogP contribution >= 0.6 is 23.2 Å². The Kier molecular flexibility index (Phi) is 2.42. The third-order valence-corrected chi connectivity index (χ3v) is 2.69. The van der Waals surface area contributed by atoms with Crippen LogP contribution in [0.15, 0.2) is 23.2 Å². The summed E-state index contributed by atoms with van der Waals surface area (Å²) in [4.78, 5) is 3.99. The normalized spacial score (nSPS) is 20.3. The molecule has 2 nitrogen and oxygen atoms in total. The molecule has 0 aromatic heterocycles. The lowest BCUT2D eigenvalue weighted by Crippen LogP contribution is -1.98. The summed E-state index contributed by atoms with van der Waals surface area (Å²) in [6.07, 6.45) is 2.44. The van der Waals surface area contributed by atoms with Crippen LogP contribution in [-0.4, -0.2) is 13.0 Å². The minimum Gasteiger partial charge on any atom is -0.471 e. The molecule has 1 atom stereocenters. The number of hydrogen-bond acceptors (Lipinski definition) is 2. The van der Waals surface area contributed by atoms with Gasteiger partial charge in [0, 0.05) is 5.56 Å². The molecule has 0 fully saturated rings. The summed E-state index contributed by atoms with van der Waals surface area (Å²) in [6.45, 7) is 0.486. The van der Waals surface area contributed by atoms with E-state index in [4.69, 9.17) is 27.9 Å². The molecule has 67 valence electrons. The van der Waals surface area contributed by atoms with Gasteiger partial charge < -0.3 is 4.74 Å². The molecule has 1 aliphatic rings. The first-order chi connectivity index (χ1) is 6.29. The number of rotatable bonds is 1. The first kappa shape index (κ1) is 8.85. The summed E-state index contributed by atoms with van der Waals surface area (Å²) in [5, 5.41) is 1.09. The monoisotopic (exact) mass is 214 g/mol. The van der Waals surface area contributed by atoms with Crippen LogP contribution in [0, 0.1) is 0 Å². The summed E-state index contributed by atoms with van der Waals surface area (Å²) in [5.74, 6) is 0. The van der Waals surface area contributed by atoms with E-state index in [-0.39, 0.29) is 6.04 Å². The molecule has 1 aromatic rings. The minimum absolute atomic E-state index is 0.0637. The topological polar surface area (TPSA) is 21.6 Å². The van der Waals surface area contributed by atoms with Crippen molar-refractivity contribution in [2.24, 2.45) is 4.99 Å². The van der Waals surface area contributed by atoms with Crippen LogP contribution in [0.3, 0.4) is 0 Å². The van der Waals surface area contributed by atoms with Crippen LogP contribution < -0.4 is 0 Å². The lowest BCUT2D eigenvalue weighted by molar-refractivity contribution is 0.330. The average Bonchev–Trinajstić information content (AvgIpc) is 2.62. The first-order valence-corrected chi connectivity index (χ1v) is 4.55. The highest BCUT2D eigenvalue weighted by atomic mass is 35.5. The summed E-state index contributed by atoms with van der Waals surface area (Å²) >= 11 is 11.9. The molecule has 2 rings (SSSR count). The summed E-state index contributed by atoms with van der Waals surface area (Å²) in [6, 6.07) is 5.42. The molecule has 0 saturated carbocycles. The maximum atomic E-state index is 6.00. The number of hydrogen-bond donors (Lipinski definition) is 0. The van der Waals surface area contributed by atoms with E-state index < -0.39 is 0 Å². The number of nitrogens with zero attached hydrogens (tertiary/aromatic N) is 1. The van der Waals surface area contributed by atoms with E-state index >= 15 is 0 Å². The van der Waals surface area contributed by atoms with Crippen LogP contribution in [0.1, 0.15) is 11.6 Å². The largest absolute Gasteiger partial charge is 0.471 e. The Balaban J connectivity index is 2.39. The van der Waals surface area contributed by atoms with Gasteiger partial charge >= 0.3 is 0 Å². The van der Waals surface area contributed by atoms with Crippen molar-refractivity contribution in [3.63, 3.8) is 0 Å². The van der Waals surface area contributed by atoms with Gasteiger partial charge in [-0.3, -0.25) is 0 Å². The highest BCUT2D eigenvalue weighted by Crippen LogP contribution is 2.32. The summed E-state index contributed by atoms with van der Waals surface area (Å²) in [5.41, 5.74) is 0.888. The van der Waals surface area contributed by atoms with Crippen LogP contribution in [0.5, 0.6) is 0 Å². The van der Waals surface area contributed by atoms with Crippen LogP contribution in [-0.2, 0) is 4.74 Å². The van der Waals surface area contributed by atoms with Gasteiger partial charge in [0.25, 0.3) is 6.40 Å². The second-order valence-corrected chi connectivity index (χ2v) is 3.48. The third kappa shape index (κ3) is 1.64. The summed E-state index contributed by atoms with van der Waals surface area (Å²) < 4.78 is 4.89. The lowest BCUT2D eigenvalue weighted by atomic mass is 10.1. The molecule has 1 aromatic carbocycles. The lowest BCUT2D eigenvalue weighted by Gasteiger charge is -2.08. The molecule has 0 spiro atoms. The maximum absolute atomic E-state index is 6.00. The zero-order valence-corrected chi connectivity index (χ0v) is 8.14. The fraction of sp³-hybridized carbons (Fsp3) is 0.222. The van der Waals surface area contributed by atoms with Gasteiger partial charge in [-0.05, 0) is 6.07 Å². The number of ether oxygens (including phenoxy) is 1. The van der Waals surface area contributed by atoms with Crippen LogP contribution in [0.4, 0.5) is 0 Å². The summed E-state index contributed by atoms with van der Waals surface area (Å²) in [7, 11) is 0. The molecule has 1 radical (unpaired) electrons. The van der Waals surface area contributed by atoms with Gasteiger partial charge in [-0.25, -0.2) is 4.99 Å². The fourth-order valence-electron chi connectivity index (χ4n) is 1.19. The van der Waals surface area contributed by atoms with E-state index in [1.165, 1.54) is 0 Å². The first-order valence-electron chi connectivity index (χ1n) is 3.79. The van der Waals surface area contributed by atoms with Gasteiger partial charge in [0.2, 0.25) is 0 Å². The van der Waals surface area contributed by atoms with Crippen molar-refractivity contribution in [3.8, 4) is 0 Å². The molecule has 0 aliphatic carbocycles. The predicted octanol–water partition coefficient (Wildman–Crippen LogP) is 2.97. The molecule has 1 heterocycles. The minimum atomic E-state index is -0.0637.